The van der Waals surface area contributed by atoms with Crippen molar-refractivity contribution in [3.63, 3.8) is 0 Å². The molecule has 0 aromatic heterocycles. The first kappa shape index (κ1) is 24.4. The first-order valence-electron chi connectivity index (χ1n) is 14.1. The molecule has 0 aliphatic carbocycles. The molecule has 1 heteroatoms. The fourth-order valence-electron chi connectivity index (χ4n) is 7.53. The lowest BCUT2D eigenvalue weighted by molar-refractivity contribution is 0.622. The van der Waals surface area contributed by atoms with Crippen molar-refractivity contribution < 1.29 is 0 Å². The molecule has 0 fully saturated rings. The molecule has 0 N–H and O–H groups in total. The molecule has 2 aliphatic heterocycles. The van der Waals surface area contributed by atoms with Gasteiger partial charge in [0.15, 0.2) is 0 Å². The Morgan fingerprint density at radius 1 is 0.500 bits per heavy atom. The van der Waals surface area contributed by atoms with Gasteiger partial charge in [-0.05, 0) is 58.4 Å². The fourth-order valence-corrected chi connectivity index (χ4v) is 7.53. The van der Waals surface area contributed by atoms with Crippen LogP contribution in [0.3, 0.4) is 0 Å². The third kappa shape index (κ3) is 3.15. The number of benzene rings is 5. The molecule has 0 atom stereocenters. The van der Waals surface area contributed by atoms with E-state index in [1.165, 1.54) is 55.9 Å². The van der Waals surface area contributed by atoms with E-state index >= 15 is 0 Å². The van der Waals surface area contributed by atoms with Crippen LogP contribution in [-0.4, -0.2) is 6.54 Å². The SMILES string of the molecule is C=C1CN2C(C)=C(C)C(c3ccccc3)(c3ccccc3)c3cccc(c32)C1(c1ccccc1)c1ccccc1. The zero-order valence-corrected chi connectivity index (χ0v) is 23.1. The highest BCUT2D eigenvalue weighted by atomic mass is 15.2. The summed E-state index contributed by atoms with van der Waals surface area (Å²) < 4.78 is 0. The largest absolute Gasteiger partial charge is 0.341 e. The van der Waals surface area contributed by atoms with Crippen molar-refractivity contribution >= 4 is 5.69 Å². The van der Waals surface area contributed by atoms with Gasteiger partial charge >= 0.3 is 0 Å². The third-order valence-electron chi connectivity index (χ3n) is 9.33. The van der Waals surface area contributed by atoms with E-state index in [1.807, 2.05) is 0 Å². The summed E-state index contributed by atoms with van der Waals surface area (Å²) in [5.74, 6) is 0. The summed E-state index contributed by atoms with van der Waals surface area (Å²) in [6.45, 7) is 10.2. The molecule has 0 amide bonds. The van der Waals surface area contributed by atoms with E-state index in [1.54, 1.807) is 0 Å². The van der Waals surface area contributed by atoms with Crippen LogP contribution in [0.25, 0.3) is 0 Å². The Morgan fingerprint density at radius 3 is 1.30 bits per heavy atom. The van der Waals surface area contributed by atoms with E-state index in [9.17, 15) is 0 Å². The maximum atomic E-state index is 4.82. The van der Waals surface area contributed by atoms with Crippen molar-refractivity contribution in [3.8, 4) is 0 Å². The van der Waals surface area contributed by atoms with Crippen molar-refractivity contribution in [1.29, 1.82) is 0 Å². The Hall–Kier alpha value is -4.62. The summed E-state index contributed by atoms with van der Waals surface area (Å²) in [4.78, 5) is 2.52. The van der Waals surface area contributed by atoms with E-state index in [0.29, 0.717) is 0 Å². The number of hydrogen-bond acceptors (Lipinski definition) is 1. The lowest BCUT2D eigenvalue weighted by atomic mass is 9.57. The molecule has 7 rings (SSSR count). The number of nitrogens with zero attached hydrogens (tertiary/aromatic N) is 1. The lowest BCUT2D eigenvalue weighted by Crippen LogP contribution is -2.48. The van der Waals surface area contributed by atoms with E-state index < -0.39 is 10.8 Å². The molecule has 0 saturated heterocycles. The number of allylic oxidation sites excluding steroid dienone is 2. The van der Waals surface area contributed by atoms with Gasteiger partial charge in [0, 0.05) is 12.2 Å². The fraction of sp³-hybridized carbons (Fsp3) is 0.128. The highest BCUT2D eigenvalue weighted by molar-refractivity contribution is 5.83. The average molecular weight is 516 g/mol. The lowest BCUT2D eigenvalue weighted by Gasteiger charge is -2.53. The molecular formula is C39H33N. The second-order valence-electron chi connectivity index (χ2n) is 11.1. The van der Waals surface area contributed by atoms with E-state index in [2.05, 4.69) is 158 Å². The van der Waals surface area contributed by atoms with Gasteiger partial charge in [0.05, 0.1) is 16.5 Å². The van der Waals surface area contributed by atoms with E-state index in [-0.39, 0.29) is 0 Å². The molecule has 40 heavy (non-hydrogen) atoms. The van der Waals surface area contributed by atoms with Gasteiger partial charge in [-0.2, -0.15) is 0 Å². The first-order chi connectivity index (χ1) is 19.6. The Morgan fingerprint density at radius 2 is 0.875 bits per heavy atom. The van der Waals surface area contributed by atoms with Crippen LogP contribution in [0.15, 0.2) is 163 Å². The zero-order chi connectivity index (χ0) is 27.3. The molecule has 2 heterocycles. The molecular weight excluding hydrogens is 482 g/mol. The maximum Gasteiger partial charge on any atom is 0.0698 e. The second-order valence-corrected chi connectivity index (χ2v) is 11.1. The molecule has 194 valence electrons. The van der Waals surface area contributed by atoms with Crippen LogP contribution < -0.4 is 4.90 Å². The van der Waals surface area contributed by atoms with Crippen molar-refractivity contribution in [1.82, 2.24) is 0 Å². The maximum absolute atomic E-state index is 4.82. The minimum Gasteiger partial charge on any atom is -0.341 e. The van der Waals surface area contributed by atoms with Gasteiger partial charge in [-0.3, -0.25) is 0 Å². The zero-order valence-electron chi connectivity index (χ0n) is 23.1. The highest BCUT2D eigenvalue weighted by Crippen LogP contribution is 2.60. The van der Waals surface area contributed by atoms with E-state index in [4.69, 9.17) is 6.58 Å². The Labute approximate surface area is 237 Å². The van der Waals surface area contributed by atoms with Crippen LogP contribution in [-0.2, 0) is 10.8 Å². The summed E-state index contributed by atoms with van der Waals surface area (Å²) in [5, 5.41) is 0. The smallest absolute Gasteiger partial charge is 0.0698 e. The van der Waals surface area contributed by atoms with Gasteiger partial charge < -0.3 is 4.90 Å². The van der Waals surface area contributed by atoms with Crippen LogP contribution >= 0.6 is 0 Å². The number of hydrogen-bond donors (Lipinski definition) is 0. The summed E-state index contributed by atoms with van der Waals surface area (Å²) in [5.41, 5.74) is 12.0. The molecule has 1 nitrogen and oxygen atoms in total. The summed E-state index contributed by atoms with van der Waals surface area (Å²) in [6.07, 6.45) is 0. The molecule has 0 bridgehead atoms. The van der Waals surface area contributed by atoms with Gasteiger partial charge in [-0.25, -0.2) is 0 Å². The molecule has 5 aromatic carbocycles. The first-order valence-corrected chi connectivity index (χ1v) is 14.1. The van der Waals surface area contributed by atoms with Crippen molar-refractivity contribution in [2.75, 3.05) is 11.4 Å². The van der Waals surface area contributed by atoms with Crippen LogP contribution in [0.2, 0.25) is 0 Å². The summed E-state index contributed by atoms with van der Waals surface area (Å²) in [6, 6.07) is 51.0. The molecule has 2 aliphatic rings. The Balaban J connectivity index is 1.65. The predicted molar refractivity (Wildman–Crippen MR) is 167 cm³/mol. The molecule has 0 saturated carbocycles. The highest BCUT2D eigenvalue weighted by Gasteiger charge is 2.52. The monoisotopic (exact) mass is 515 g/mol. The standard InChI is InChI=1S/C39H33N/c1-28-27-40-30(3)29(2)39(33-21-12-6-13-22-33,34-23-14-7-15-24-34)36-26-16-25-35(37(36)40)38(28,31-17-8-4-9-18-31)32-19-10-5-11-20-32/h4-26H,1,27H2,2-3H3. The minimum absolute atomic E-state index is 0.410. The quantitative estimate of drug-likeness (QED) is 0.216. The van der Waals surface area contributed by atoms with Crippen LogP contribution in [0.4, 0.5) is 5.69 Å². The summed E-state index contributed by atoms with van der Waals surface area (Å²) in [7, 11) is 0. The summed E-state index contributed by atoms with van der Waals surface area (Å²) >= 11 is 0. The van der Waals surface area contributed by atoms with Gasteiger partial charge in [0.1, 0.15) is 0 Å². The number of rotatable bonds is 4. The van der Waals surface area contributed by atoms with Gasteiger partial charge in [0.2, 0.25) is 0 Å². The molecule has 0 radical (unpaired) electrons. The average Bonchev–Trinajstić information content (AvgIpc) is 3.02. The second kappa shape index (κ2) is 9.24. The molecule has 0 unspecified atom stereocenters. The Kier molecular flexibility index (Phi) is 5.64. The van der Waals surface area contributed by atoms with Crippen molar-refractivity contribution in [3.05, 3.63) is 196 Å². The molecule has 5 aromatic rings. The van der Waals surface area contributed by atoms with Crippen molar-refractivity contribution in [2.24, 2.45) is 0 Å². The number of para-hydroxylation sites is 1. The van der Waals surface area contributed by atoms with Gasteiger partial charge in [0.25, 0.3) is 0 Å². The predicted octanol–water partition coefficient (Wildman–Crippen LogP) is 9.04. The number of anilines is 1. The van der Waals surface area contributed by atoms with E-state index in [0.717, 1.165) is 6.54 Å². The van der Waals surface area contributed by atoms with Crippen LogP contribution in [0.5, 0.6) is 0 Å². The van der Waals surface area contributed by atoms with Crippen LogP contribution in [0.1, 0.15) is 47.2 Å². The molecule has 0 spiro atoms. The topological polar surface area (TPSA) is 3.24 Å². The minimum atomic E-state index is -0.463. The third-order valence-corrected chi connectivity index (χ3v) is 9.33. The van der Waals surface area contributed by atoms with Crippen molar-refractivity contribution in [2.45, 2.75) is 24.7 Å². The van der Waals surface area contributed by atoms with Gasteiger partial charge in [-0.1, -0.05) is 146 Å². The normalized spacial score (nSPS) is 16.9. The Bertz CT molecular complexity index is 1650. The van der Waals surface area contributed by atoms with Gasteiger partial charge in [-0.15, -0.1) is 0 Å². The van der Waals surface area contributed by atoms with Crippen LogP contribution in [0, 0.1) is 0 Å².